The van der Waals surface area contributed by atoms with Gasteiger partial charge in [-0.1, -0.05) is 41.6 Å². The largest absolute Gasteiger partial charge is 0.395 e. The number of benzene rings is 2. The summed E-state index contributed by atoms with van der Waals surface area (Å²) in [5, 5.41) is 16.1. The van der Waals surface area contributed by atoms with Crippen molar-refractivity contribution in [2.24, 2.45) is 0 Å². The molecule has 0 radical (unpaired) electrons. The minimum atomic E-state index is -0.495. The van der Waals surface area contributed by atoms with Gasteiger partial charge in [-0.25, -0.2) is 0 Å². The highest BCUT2D eigenvalue weighted by Gasteiger charge is 2.31. The monoisotopic (exact) mass is 390 g/mol. The third-order valence-electron chi connectivity index (χ3n) is 4.57. The van der Waals surface area contributed by atoms with E-state index >= 15 is 0 Å². The van der Waals surface area contributed by atoms with E-state index in [0.29, 0.717) is 17.1 Å². The molecule has 0 spiro atoms. The van der Waals surface area contributed by atoms with Crippen molar-refractivity contribution < 1.29 is 19.2 Å². The van der Waals surface area contributed by atoms with Crippen molar-refractivity contribution in [3.63, 3.8) is 0 Å². The molecule has 29 heavy (non-hydrogen) atoms. The molecule has 0 aliphatic carbocycles. The molecule has 2 N–H and O–H groups in total. The molecule has 2 amide bonds. The lowest BCUT2D eigenvalue weighted by Gasteiger charge is -2.14. The van der Waals surface area contributed by atoms with Crippen LogP contribution in [0, 0.1) is 6.92 Å². The summed E-state index contributed by atoms with van der Waals surface area (Å²) in [5.74, 6) is -0.210. The van der Waals surface area contributed by atoms with Gasteiger partial charge in [0.25, 0.3) is 17.7 Å². The summed E-state index contributed by atoms with van der Waals surface area (Å²) in [6.07, 6.45) is 1.21. The van der Waals surface area contributed by atoms with Gasteiger partial charge < -0.3 is 14.9 Å². The van der Waals surface area contributed by atoms with Crippen molar-refractivity contribution in [1.82, 2.24) is 15.0 Å². The van der Waals surface area contributed by atoms with Crippen molar-refractivity contribution in [2.45, 2.75) is 6.92 Å². The Bertz CT molecular complexity index is 1120. The predicted molar refractivity (Wildman–Crippen MR) is 105 cm³/mol. The third-order valence-corrected chi connectivity index (χ3v) is 4.57. The van der Waals surface area contributed by atoms with E-state index in [2.05, 4.69) is 15.5 Å². The van der Waals surface area contributed by atoms with Crippen LogP contribution in [0.4, 0.5) is 5.69 Å². The Morgan fingerprint density at radius 1 is 1.07 bits per heavy atom. The van der Waals surface area contributed by atoms with Crippen LogP contribution in [0.5, 0.6) is 0 Å². The molecule has 3 aromatic rings. The maximum Gasteiger partial charge on any atom is 0.277 e. The van der Waals surface area contributed by atoms with Gasteiger partial charge in [0.05, 0.1) is 24.4 Å². The van der Waals surface area contributed by atoms with Crippen LogP contribution < -0.4 is 5.32 Å². The highest BCUT2D eigenvalue weighted by atomic mass is 16.5. The third kappa shape index (κ3) is 3.53. The Kier molecular flexibility index (Phi) is 4.92. The lowest BCUT2D eigenvalue weighted by molar-refractivity contribution is -0.137. The quantitative estimate of drug-likeness (QED) is 0.622. The highest BCUT2D eigenvalue weighted by molar-refractivity contribution is 6.17. The first-order valence-electron chi connectivity index (χ1n) is 9.03. The van der Waals surface area contributed by atoms with Gasteiger partial charge in [-0.05, 0) is 24.6 Å². The molecule has 1 aromatic heterocycles. The van der Waals surface area contributed by atoms with Crippen molar-refractivity contribution >= 4 is 17.5 Å². The molecule has 4 rings (SSSR count). The SMILES string of the molecule is Cc1ccccc1-c1noc(-c2ccccc2NC2=CC(=O)N(CCO)C2=O)n1. The summed E-state index contributed by atoms with van der Waals surface area (Å²) in [6.45, 7) is 1.62. The van der Waals surface area contributed by atoms with E-state index < -0.39 is 11.8 Å². The number of aromatic nitrogens is 2. The molecule has 0 bridgehead atoms. The molecule has 1 aliphatic heterocycles. The second kappa shape index (κ2) is 7.69. The molecule has 8 heteroatoms. The lowest BCUT2D eigenvalue weighted by Crippen LogP contribution is -2.34. The number of aliphatic hydroxyl groups excluding tert-OH is 1. The number of aliphatic hydroxyl groups is 1. The van der Waals surface area contributed by atoms with E-state index in [4.69, 9.17) is 9.63 Å². The highest BCUT2D eigenvalue weighted by Crippen LogP contribution is 2.30. The van der Waals surface area contributed by atoms with Crippen LogP contribution in [0.2, 0.25) is 0 Å². The molecule has 0 fully saturated rings. The smallest absolute Gasteiger partial charge is 0.277 e. The Hall–Kier alpha value is -3.78. The molecule has 2 aromatic carbocycles. The Balaban J connectivity index is 1.64. The molecular weight excluding hydrogens is 372 g/mol. The lowest BCUT2D eigenvalue weighted by atomic mass is 10.1. The maximum absolute atomic E-state index is 12.4. The maximum atomic E-state index is 12.4. The van der Waals surface area contributed by atoms with Gasteiger partial charge in [0.1, 0.15) is 5.70 Å². The standard InChI is InChI=1S/C21H18N4O4/c1-13-6-2-3-7-14(13)19-23-20(29-24-19)15-8-4-5-9-16(15)22-17-12-18(27)25(10-11-26)21(17)28/h2-9,12,22,26H,10-11H2,1H3. The van der Waals surface area contributed by atoms with E-state index in [9.17, 15) is 9.59 Å². The van der Waals surface area contributed by atoms with Gasteiger partial charge >= 0.3 is 0 Å². The van der Waals surface area contributed by atoms with E-state index in [0.717, 1.165) is 16.0 Å². The van der Waals surface area contributed by atoms with Crippen LogP contribution in [-0.2, 0) is 9.59 Å². The fourth-order valence-corrected chi connectivity index (χ4v) is 3.10. The minimum Gasteiger partial charge on any atom is -0.395 e. The van der Waals surface area contributed by atoms with Crippen molar-refractivity contribution in [3.8, 4) is 22.8 Å². The number of imide groups is 1. The van der Waals surface area contributed by atoms with Crippen molar-refractivity contribution in [3.05, 3.63) is 65.9 Å². The van der Waals surface area contributed by atoms with Crippen molar-refractivity contribution in [1.29, 1.82) is 0 Å². The zero-order valence-electron chi connectivity index (χ0n) is 15.6. The Morgan fingerprint density at radius 3 is 2.55 bits per heavy atom. The number of carbonyl (C=O) groups is 2. The molecule has 0 atom stereocenters. The fourth-order valence-electron chi connectivity index (χ4n) is 3.10. The molecule has 0 saturated heterocycles. The second-order valence-electron chi connectivity index (χ2n) is 6.49. The van der Waals surface area contributed by atoms with Crippen LogP contribution in [0.25, 0.3) is 22.8 Å². The van der Waals surface area contributed by atoms with E-state index in [1.165, 1.54) is 6.08 Å². The van der Waals surface area contributed by atoms with E-state index in [-0.39, 0.29) is 24.7 Å². The number of nitrogens with one attached hydrogen (secondary N) is 1. The fraction of sp³-hybridized carbons (Fsp3) is 0.143. The van der Waals surface area contributed by atoms with Gasteiger partial charge in [0.2, 0.25) is 5.82 Å². The molecule has 0 unspecified atom stereocenters. The molecular formula is C21H18N4O4. The summed E-state index contributed by atoms with van der Waals surface area (Å²) in [7, 11) is 0. The van der Waals surface area contributed by atoms with Crippen LogP contribution in [0.1, 0.15) is 5.56 Å². The van der Waals surface area contributed by atoms with Gasteiger partial charge in [-0.3, -0.25) is 14.5 Å². The van der Waals surface area contributed by atoms with Crippen LogP contribution in [-0.4, -0.2) is 45.1 Å². The average Bonchev–Trinajstić information content (AvgIpc) is 3.30. The number of rotatable bonds is 6. The van der Waals surface area contributed by atoms with Gasteiger partial charge in [0.15, 0.2) is 0 Å². The Labute approximate surface area is 166 Å². The van der Waals surface area contributed by atoms with Crippen LogP contribution in [0.3, 0.4) is 0 Å². The molecule has 0 saturated carbocycles. The predicted octanol–water partition coefficient (Wildman–Crippen LogP) is 2.37. The summed E-state index contributed by atoms with van der Waals surface area (Å²) < 4.78 is 5.46. The molecule has 8 nitrogen and oxygen atoms in total. The number of β-amino-alcohol motifs (C(OH)–C–C–N with tert-alkyl or cyclic N) is 1. The van der Waals surface area contributed by atoms with Crippen molar-refractivity contribution in [2.75, 3.05) is 18.5 Å². The minimum absolute atomic E-state index is 0.0512. The number of amides is 2. The van der Waals surface area contributed by atoms with Gasteiger partial charge in [-0.15, -0.1) is 0 Å². The van der Waals surface area contributed by atoms with E-state index in [1.807, 2.05) is 37.3 Å². The number of anilines is 1. The van der Waals surface area contributed by atoms with E-state index in [1.54, 1.807) is 18.2 Å². The van der Waals surface area contributed by atoms with Crippen LogP contribution >= 0.6 is 0 Å². The van der Waals surface area contributed by atoms with Crippen LogP contribution in [0.15, 0.2) is 64.8 Å². The zero-order chi connectivity index (χ0) is 20.4. The zero-order valence-corrected chi connectivity index (χ0v) is 15.6. The number of hydrogen-bond donors (Lipinski definition) is 2. The summed E-state index contributed by atoms with van der Waals surface area (Å²) in [4.78, 5) is 29.8. The Morgan fingerprint density at radius 2 is 1.79 bits per heavy atom. The average molecular weight is 390 g/mol. The summed E-state index contributed by atoms with van der Waals surface area (Å²) in [5.41, 5.74) is 3.16. The van der Waals surface area contributed by atoms with Gasteiger partial charge in [-0.2, -0.15) is 4.98 Å². The summed E-state index contributed by atoms with van der Waals surface area (Å²) in [6, 6.07) is 14.9. The number of carbonyl (C=O) groups excluding carboxylic acids is 2. The number of nitrogens with zero attached hydrogens (tertiary/aromatic N) is 3. The normalized spacial score (nSPS) is 13.7. The topological polar surface area (TPSA) is 109 Å². The number of hydrogen-bond acceptors (Lipinski definition) is 7. The van der Waals surface area contributed by atoms with Gasteiger partial charge in [0, 0.05) is 11.6 Å². The number of aryl methyl sites for hydroxylation is 1. The number of para-hydroxylation sites is 1. The first kappa shape index (κ1) is 18.6. The first-order valence-corrected chi connectivity index (χ1v) is 9.03. The molecule has 2 heterocycles. The first-order chi connectivity index (χ1) is 14.1. The summed E-state index contributed by atoms with van der Waals surface area (Å²) >= 11 is 0. The second-order valence-corrected chi connectivity index (χ2v) is 6.49. The molecule has 1 aliphatic rings. The molecule has 146 valence electrons.